The lowest BCUT2D eigenvalue weighted by atomic mass is 10.0. The van der Waals surface area contributed by atoms with Gasteiger partial charge in [-0.1, -0.05) is 6.08 Å². The molecule has 1 fully saturated rings. The van der Waals surface area contributed by atoms with Gasteiger partial charge in [0.15, 0.2) is 0 Å². The molecule has 1 aromatic rings. The molecule has 0 saturated carbocycles. The van der Waals surface area contributed by atoms with Crippen molar-refractivity contribution in [2.75, 3.05) is 6.54 Å². The first-order valence-corrected chi connectivity index (χ1v) is 9.63. The largest absolute Gasteiger partial charge is 0.445 e. The Labute approximate surface area is 178 Å². The van der Waals surface area contributed by atoms with Gasteiger partial charge in [-0.05, 0) is 36.5 Å². The first-order chi connectivity index (χ1) is 14.8. The summed E-state index contributed by atoms with van der Waals surface area (Å²) in [5.74, 6) is -2.06. The number of benzene rings is 1. The van der Waals surface area contributed by atoms with Crippen LogP contribution in [0, 0.1) is 16.0 Å². The molecule has 0 bridgehead atoms. The van der Waals surface area contributed by atoms with Crippen molar-refractivity contribution < 1.29 is 33.7 Å². The number of amides is 3. The van der Waals surface area contributed by atoms with E-state index in [4.69, 9.17) is 9.57 Å². The molecule has 11 nitrogen and oxygen atoms in total. The highest BCUT2D eigenvalue weighted by Gasteiger charge is 2.31. The fourth-order valence-electron chi connectivity index (χ4n) is 2.75. The van der Waals surface area contributed by atoms with Crippen LogP contribution in [0.3, 0.4) is 0 Å². The molecule has 1 aliphatic rings. The lowest BCUT2D eigenvalue weighted by Crippen LogP contribution is -2.37. The lowest BCUT2D eigenvalue weighted by Gasteiger charge is -2.17. The lowest BCUT2D eigenvalue weighted by molar-refractivity contribution is -0.384. The molecule has 0 unspecified atom stereocenters. The molecule has 0 spiro atoms. The van der Waals surface area contributed by atoms with E-state index in [9.17, 15) is 29.3 Å². The number of carbonyl (C=O) groups is 4. The first kappa shape index (κ1) is 23.5. The van der Waals surface area contributed by atoms with Gasteiger partial charge in [-0.2, -0.15) is 0 Å². The third-order valence-corrected chi connectivity index (χ3v) is 4.49. The average molecular weight is 433 g/mol. The zero-order valence-electron chi connectivity index (χ0n) is 16.8. The van der Waals surface area contributed by atoms with Crippen molar-refractivity contribution in [1.82, 2.24) is 10.4 Å². The van der Waals surface area contributed by atoms with E-state index in [-0.39, 0.29) is 50.4 Å². The quantitative estimate of drug-likeness (QED) is 0.205. The van der Waals surface area contributed by atoms with Crippen molar-refractivity contribution >= 4 is 29.6 Å². The second-order valence-electron chi connectivity index (χ2n) is 6.81. The molecule has 11 heteroatoms. The minimum absolute atomic E-state index is 0.0463. The predicted molar refractivity (Wildman–Crippen MR) is 106 cm³/mol. The van der Waals surface area contributed by atoms with Crippen molar-refractivity contribution in [3.05, 3.63) is 52.6 Å². The molecule has 0 aromatic heterocycles. The number of carbonyl (C=O) groups excluding carboxylic acids is 4. The molecule has 1 atom stereocenters. The van der Waals surface area contributed by atoms with Gasteiger partial charge in [-0.15, -0.1) is 11.6 Å². The van der Waals surface area contributed by atoms with Gasteiger partial charge in [0.25, 0.3) is 17.5 Å². The van der Waals surface area contributed by atoms with Gasteiger partial charge in [0.2, 0.25) is 0 Å². The predicted octanol–water partition coefficient (Wildman–Crippen LogP) is 2.40. The summed E-state index contributed by atoms with van der Waals surface area (Å²) in [7, 11) is 0. The Hall–Kier alpha value is -3.76. The maximum Gasteiger partial charge on any atom is 0.407 e. The number of hydrogen-bond acceptors (Lipinski definition) is 8. The maximum absolute atomic E-state index is 12.1. The van der Waals surface area contributed by atoms with E-state index in [1.165, 1.54) is 24.3 Å². The van der Waals surface area contributed by atoms with Crippen molar-refractivity contribution in [2.45, 2.75) is 38.7 Å². The number of nitrogens with zero attached hydrogens (tertiary/aromatic N) is 2. The van der Waals surface area contributed by atoms with E-state index in [0.29, 0.717) is 17.0 Å². The van der Waals surface area contributed by atoms with Gasteiger partial charge >= 0.3 is 12.1 Å². The fourth-order valence-corrected chi connectivity index (χ4v) is 2.75. The molecule has 0 aliphatic carbocycles. The Morgan fingerprint density at radius 2 is 1.97 bits per heavy atom. The Morgan fingerprint density at radius 3 is 2.61 bits per heavy atom. The van der Waals surface area contributed by atoms with Gasteiger partial charge in [0.1, 0.15) is 6.61 Å². The third-order valence-electron chi connectivity index (χ3n) is 4.49. The first-order valence-electron chi connectivity index (χ1n) is 9.63. The molecule has 1 saturated heterocycles. The molecule has 166 valence electrons. The number of nitrogens with one attached hydrogen (secondary N) is 1. The third kappa shape index (κ3) is 7.53. The summed E-state index contributed by atoms with van der Waals surface area (Å²) in [5, 5.41) is 13.6. The molecular formula is C20H23N3O8. The standard InChI is InChI=1S/C20H23N3O8/c1-2-14-7-10-17(24)22(18(25)12-14)31-19(26)4-3-11-21-20(27)30-13-15-5-8-16(9-6-15)23(28)29/h2,5-6,8-9,14H,1,3-4,7,10-13H2,(H,21,27)/t14-/m0/s1. The summed E-state index contributed by atoms with van der Waals surface area (Å²) in [6.07, 6.45) is 1.56. The van der Waals surface area contributed by atoms with Crippen LogP contribution in [0.15, 0.2) is 36.9 Å². The smallest absolute Gasteiger partial charge is 0.407 e. The Kier molecular flexibility index (Phi) is 8.67. The Morgan fingerprint density at radius 1 is 1.26 bits per heavy atom. The highest BCUT2D eigenvalue weighted by molar-refractivity contribution is 5.96. The SMILES string of the molecule is C=C[C@H]1CCC(=O)N(OC(=O)CCCNC(=O)OCc2ccc([N+](=O)[O-])cc2)C(=O)C1. The van der Waals surface area contributed by atoms with Crippen molar-refractivity contribution in [3.8, 4) is 0 Å². The van der Waals surface area contributed by atoms with E-state index in [1.54, 1.807) is 6.08 Å². The van der Waals surface area contributed by atoms with Crippen LogP contribution in [0.4, 0.5) is 10.5 Å². The van der Waals surface area contributed by atoms with Crippen LogP contribution in [0.25, 0.3) is 0 Å². The summed E-state index contributed by atoms with van der Waals surface area (Å²) in [6.45, 7) is 3.65. The average Bonchev–Trinajstić information content (AvgIpc) is 2.88. The second kappa shape index (κ2) is 11.4. The van der Waals surface area contributed by atoms with Gasteiger partial charge in [-0.3, -0.25) is 19.7 Å². The molecule has 0 radical (unpaired) electrons. The number of nitro groups is 1. The second-order valence-corrected chi connectivity index (χ2v) is 6.81. The van der Waals surface area contributed by atoms with E-state index in [0.717, 1.165) is 0 Å². The number of alkyl carbamates (subject to hydrolysis) is 1. The van der Waals surface area contributed by atoms with Crippen LogP contribution in [0.2, 0.25) is 0 Å². The van der Waals surface area contributed by atoms with Gasteiger partial charge in [-0.25, -0.2) is 9.59 Å². The van der Waals surface area contributed by atoms with E-state index < -0.39 is 28.8 Å². The monoisotopic (exact) mass is 433 g/mol. The van der Waals surface area contributed by atoms with E-state index in [1.807, 2.05) is 0 Å². The molecule has 1 heterocycles. The highest BCUT2D eigenvalue weighted by Crippen LogP contribution is 2.20. The van der Waals surface area contributed by atoms with Crippen molar-refractivity contribution in [1.29, 1.82) is 0 Å². The number of non-ortho nitro benzene ring substituents is 1. The van der Waals surface area contributed by atoms with Crippen molar-refractivity contribution in [2.24, 2.45) is 5.92 Å². The van der Waals surface area contributed by atoms with E-state index in [2.05, 4.69) is 11.9 Å². The normalized spacial score (nSPS) is 16.3. The summed E-state index contributed by atoms with van der Waals surface area (Å²) in [6, 6.07) is 5.56. The number of imide groups is 1. The van der Waals surface area contributed by atoms with Gasteiger partial charge < -0.3 is 14.9 Å². The Balaban J connectivity index is 1.66. The summed E-state index contributed by atoms with van der Waals surface area (Å²) < 4.78 is 4.98. The molecular weight excluding hydrogens is 410 g/mol. The molecule has 1 aliphatic heterocycles. The van der Waals surface area contributed by atoms with Gasteiger partial charge in [0.05, 0.1) is 4.92 Å². The number of nitro benzene ring substituents is 1. The van der Waals surface area contributed by atoms with E-state index >= 15 is 0 Å². The zero-order valence-corrected chi connectivity index (χ0v) is 16.8. The molecule has 1 N–H and O–H groups in total. The minimum Gasteiger partial charge on any atom is -0.445 e. The highest BCUT2D eigenvalue weighted by atomic mass is 16.7. The summed E-state index contributed by atoms with van der Waals surface area (Å²) >= 11 is 0. The molecule has 3 amide bonds. The Bertz CT molecular complexity index is 852. The minimum atomic E-state index is -0.764. The van der Waals surface area contributed by atoms with Crippen LogP contribution >= 0.6 is 0 Å². The maximum atomic E-state index is 12.1. The van der Waals surface area contributed by atoms with Crippen LogP contribution in [0.5, 0.6) is 0 Å². The number of allylic oxidation sites excluding steroid dienone is 1. The molecule has 1 aromatic carbocycles. The van der Waals surface area contributed by atoms with Crippen LogP contribution in [-0.4, -0.2) is 40.4 Å². The van der Waals surface area contributed by atoms with Crippen LogP contribution < -0.4 is 5.32 Å². The topological polar surface area (TPSA) is 145 Å². The number of rotatable bonds is 9. The summed E-state index contributed by atoms with van der Waals surface area (Å²) in [5.41, 5.74) is 0.513. The van der Waals surface area contributed by atoms with Crippen LogP contribution in [-0.2, 0) is 30.6 Å². The fraction of sp³-hybridized carbons (Fsp3) is 0.400. The summed E-state index contributed by atoms with van der Waals surface area (Å²) in [4.78, 5) is 62.6. The number of ether oxygens (including phenoxy) is 1. The number of hydrogen-bond donors (Lipinski definition) is 1. The van der Waals surface area contributed by atoms with Gasteiger partial charge in [0, 0.05) is 37.9 Å². The molecule has 2 rings (SSSR count). The van der Waals surface area contributed by atoms with Crippen molar-refractivity contribution in [3.63, 3.8) is 0 Å². The zero-order chi connectivity index (χ0) is 22.8. The molecule has 31 heavy (non-hydrogen) atoms. The number of hydroxylamine groups is 2. The van der Waals surface area contributed by atoms with Crippen LogP contribution in [0.1, 0.15) is 37.7 Å².